The van der Waals surface area contributed by atoms with Gasteiger partial charge in [0.25, 0.3) is 0 Å². The van der Waals surface area contributed by atoms with Crippen molar-refractivity contribution in [3.05, 3.63) is 107 Å². The lowest BCUT2D eigenvalue weighted by molar-refractivity contribution is 0.570. The van der Waals surface area contributed by atoms with Crippen LogP contribution >= 0.6 is 0 Å². The third-order valence-electron chi connectivity index (χ3n) is 4.80. The Morgan fingerprint density at radius 3 is 2.11 bits per heavy atom. The second kappa shape index (κ2) is 8.04. The molecule has 0 saturated heterocycles. The second-order valence-corrected chi connectivity index (χ2v) is 6.67. The zero-order valence-electron chi connectivity index (χ0n) is 15.0. The number of nitrogens with zero attached hydrogens (tertiary/aromatic N) is 1. The van der Waals surface area contributed by atoms with Gasteiger partial charge in [-0.25, -0.2) is 9.38 Å². The summed E-state index contributed by atoms with van der Waals surface area (Å²) in [4.78, 5) is 4.90. The monoisotopic (exact) mass is 359 g/mol. The van der Waals surface area contributed by atoms with Crippen molar-refractivity contribution in [2.75, 3.05) is 6.54 Å². The Hall–Kier alpha value is -3.14. The summed E-state index contributed by atoms with van der Waals surface area (Å²) in [5, 5.41) is 6.92. The summed E-state index contributed by atoms with van der Waals surface area (Å²) in [6.07, 6.45) is 0.812. The molecule has 4 rings (SSSR count). The first kappa shape index (κ1) is 17.3. The maximum absolute atomic E-state index is 13.0. The summed E-state index contributed by atoms with van der Waals surface area (Å²) in [6, 6.07) is 27.5. The highest BCUT2D eigenvalue weighted by Gasteiger charge is 2.30. The third-order valence-corrected chi connectivity index (χ3v) is 4.80. The van der Waals surface area contributed by atoms with Crippen LogP contribution in [0.15, 0.2) is 89.9 Å². The van der Waals surface area contributed by atoms with Crippen molar-refractivity contribution in [1.82, 2.24) is 10.6 Å². The molecular weight excluding hydrogens is 337 g/mol. The van der Waals surface area contributed by atoms with Crippen LogP contribution in [0.25, 0.3) is 0 Å². The summed E-state index contributed by atoms with van der Waals surface area (Å²) >= 11 is 0. The molecular formula is C23H22FN3. The summed E-state index contributed by atoms with van der Waals surface area (Å²) in [6.45, 7) is 0.737. The van der Waals surface area contributed by atoms with E-state index in [1.54, 1.807) is 0 Å². The van der Waals surface area contributed by atoms with E-state index < -0.39 is 0 Å². The Morgan fingerprint density at radius 2 is 1.44 bits per heavy atom. The highest BCUT2D eigenvalue weighted by molar-refractivity contribution is 5.82. The van der Waals surface area contributed by atoms with Gasteiger partial charge in [-0.1, -0.05) is 72.8 Å². The van der Waals surface area contributed by atoms with Crippen LogP contribution in [0.4, 0.5) is 4.39 Å². The average molecular weight is 359 g/mol. The van der Waals surface area contributed by atoms with Crippen LogP contribution in [-0.2, 0) is 6.42 Å². The number of guanidine groups is 1. The Morgan fingerprint density at radius 1 is 0.815 bits per heavy atom. The van der Waals surface area contributed by atoms with Gasteiger partial charge in [0.2, 0.25) is 0 Å². The largest absolute Gasteiger partial charge is 0.356 e. The van der Waals surface area contributed by atoms with E-state index in [2.05, 4.69) is 47.0 Å². The number of halogens is 1. The number of rotatable bonds is 5. The van der Waals surface area contributed by atoms with Gasteiger partial charge in [-0.15, -0.1) is 0 Å². The molecule has 0 aliphatic carbocycles. The number of hydrogen-bond acceptors (Lipinski definition) is 3. The summed E-state index contributed by atoms with van der Waals surface area (Å²) < 4.78 is 13.0. The molecule has 1 aliphatic heterocycles. The van der Waals surface area contributed by atoms with E-state index in [0.717, 1.165) is 24.5 Å². The lowest BCUT2D eigenvalue weighted by atomic mass is 9.95. The maximum Gasteiger partial charge on any atom is 0.192 e. The Balaban J connectivity index is 1.47. The van der Waals surface area contributed by atoms with Crippen LogP contribution in [0.3, 0.4) is 0 Å². The molecule has 3 nitrogen and oxygen atoms in total. The molecule has 2 N–H and O–H groups in total. The van der Waals surface area contributed by atoms with Crippen LogP contribution in [0.2, 0.25) is 0 Å². The molecule has 4 heteroatoms. The van der Waals surface area contributed by atoms with E-state index in [-0.39, 0.29) is 17.9 Å². The van der Waals surface area contributed by atoms with Gasteiger partial charge in [0.15, 0.2) is 5.96 Å². The molecule has 136 valence electrons. The lowest BCUT2D eigenvalue weighted by Gasteiger charge is -2.19. The molecule has 3 aromatic rings. The van der Waals surface area contributed by atoms with E-state index in [0.29, 0.717) is 0 Å². The van der Waals surface area contributed by atoms with Crippen LogP contribution in [0.5, 0.6) is 0 Å². The molecule has 1 aliphatic rings. The molecule has 0 aromatic heterocycles. The van der Waals surface area contributed by atoms with Gasteiger partial charge in [0.1, 0.15) is 11.9 Å². The quantitative estimate of drug-likeness (QED) is 0.708. The Labute approximate surface area is 159 Å². The molecule has 0 fully saturated rings. The minimum Gasteiger partial charge on any atom is -0.356 e. The van der Waals surface area contributed by atoms with Crippen LogP contribution in [-0.4, -0.2) is 12.5 Å². The van der Waals surface area contributed by atoms with Crippen molar-refractivity contribution < 1.29 is 4.39 Å². The first-order valence-electron chi connectivity index (χ1n) is 9.22. The predicted molar refractivity (Wildman–Crippen MR) is 107 cm³/mol. The van der Waals surface area contributed by atoms with E-state index >= 15 is 0 Å². The number of aliphatic imine (C=N–C) groups is 1. The van der Waals surface area contributed by atoms with Gasteiger partial charge in [0.05, 0.1) is 6.04 Å². The molecule has 1 heterocycles. The van der Waals surface area contributed by atoms with Crippen molar-refractivity contribution in [2.24, 2.45) is 4.99 Å². The Bertz CT molecular complexity index is 892. The fourth-order valence-corrected chi connectivity index (χ4v) is 3.39. The lowest BCUT2D eigenvalue weighted by Crippen LogP contribution is -2.36. The minimum absolute atomic E-state index is 0.0296. The zero-order chi connectivity index (χ0) is 18.5. The highest BCUT2D eigenvalue weighted by Crippen LogP contribution is 2.35. The van der Waals surface area contributed by atoms with Gasteiger partial charge < -0.3 is 10.6 Å². The second-order valence-electron chi connectivity index (χ2n) is 6.67. The standard InChI is InChI=1S/C23H22FN3/c24-20-13-11-17(12-14-20)15-16-25-23-26-21(18-7-3-1-4-8-18)22(27-23)19-9-5-2-6-10-19/h1-14,21-22H,15-16H2,(H2,25,26,27)/t21-,22?/m1/s1. The molecule has 1 unspecified atom stereocenters. The SMILES string of the molecule is Fc1ccc(CCNC2=NC(c3ccccc3)[C@@H](c3ccccc3)N2)cc1. The molecule has 0 bridgehead atoms. The fraction of sp³-hybridized carbons (Fsp3) is 0.174. The molecule has 2 atom stereocenters. The summed E-state index contributed by atoms with van der Waals surface area (Å²) in [5.74, 6) is 0.602. The molecule has 3 aromatic carbocycles. The van der Waals surface area contributed by atoms with Crippen molar-refractivity contribution in [2.45, 2.75) is 18.5 Å². The van der Waals surface area contributed by atoms with Crippen molar-refractivity contribution in [3.63, 3.8) is 0 Å². The van der Waals surface area contributed by atoms with Gasteiger partial charge in [0, 0.05) is 6.54 Å². The fourth-order valence-electron chi connectivity index (χ4n) is 3.39. The first-order valence-corrected chi connectivity index (χ1v) is 9.22. The van der Waals surface area contributed by atoms with E-state index in [1.165, 1.54) is 23.3 Å². The van der Waals surface area contributed by atoms with Gasteiger partial charge in [-0.3, -0.25) is 0 Å². The smallest absolute Gasteiger partial charge is 0.192 e. The molecule has 0 amide bonds. The average Bonchev–Trinajstić information content (AvgIpc) is 3.15. The van der Waals surface area contributed by atoms with Crippen LogP contribution in [0.1, 0.15) is 28.8 Å². The summed E-state index contributed by atoms with van der Waals surface area (Å²) in [7, 11) is 0. The van der Waals surface area contributed by atoms with Crippen LogP contribution in [0, 0.1) is 5.82 Å². The predicted octanol–water partition coefficient (Wildman–Crippen LogP) is 4.40. The first-order chi connectivity index (χ1) is 13.3. The van der Waals surface area contributed by atoms with Crippen molar-refractivity contribution >= 4 is 5.96 Å². The number of nitrogens with one attached hydrogen (secondary N) is 2. The third kappa shape index (κ3) is 4.17. The molecule has 0 spiro atoms. The van der Waals surface area contributed by atoms with E-state index in [4.69, 9.17) is 4.99 Å². The van der Waals surface area contributed by atoms with Crippen molar-refractivity contribution in [3.8, 4) is 0 Å². The van der Waals surface area contributed by atoms with Gasteiger partial charge >= 0.3 is 0 Å². The molecule has 27 heavy (non-hydrogen) atoms. The van der Waals surface area contributed by atoms with Crippen molar-refractivity contribution in [1.29, 1.82) is 0 Å². The zero-order valence-corrected chi connectivity index (χ0v) is 15.0. The number of benzene rings is 3. The topological polar surface area (TPSA) is 36.4 Å². The van der Waals surface area contributed by atoms with E-state index in [9.17, 15) is 4.39 Å². The summed E-state index contributed by atoms with van der Waals surface area (Å²) in [5.41, 5.74) is 3.50. The normalized spacial score (nSPS) is 18.6. The van der Waals surface area contributed by atoms with Gasteiger partial charge in [-0.2, -0.15) is 0 Å². The maximum atomic E-state index is 13.0. The van der Waals surface area contributed by atoms with Crippen LogP contribution < -0.4 is 10.6 Å². The molecule has 0 saturated carbocycles. The molecule has 0 radical (unpaired) electrons. The minimum atomic E-state index is -0.204. The van der Waals surface area contributed by atoms with E-state index in [1.807, 2.05) is 36.4 Å². The Kier molecular flexibility index (Phi) is 5.15. The highest BCUT2D eigenvalue weighted by atomic mass is 19.1. The number of hydrogen-bond donors (Lipinski definition) is 2. The van der Waals surface area contributed by atoms with Gasteiger partial charge in [-0.05, 0) is 35.2 Å².